The maximum absolute atomic E-state index is 13.5. The van der Waals surface area contributed by atoms with Crippen molar-refractivity contribution in [3.05, 3.63) is 59.9 Å². The Morgan fingerprint density at radius 2 is 1.76 bits per heavy atom. The van der Waals surface area contributed by atoms with E-state index in [1.807, 2.05) is 41.3 Å². The number of thioether (sulfide) groups is 1. The summed E-state index contributed by atoms with van der Waals surface area (Å²) in [4.78, 5) is 19.7. The van der Waals surface area contributed by atoms with Crippen molar-refractivity contribution >= 4 is 28.4 Å². The van der Waals surface area contributed by atoms with Gasteiger partial charge in [-0.15, -0.1) is 11.8 Å². The van der Waals surface area contributed by atoms with Crippen LogP contribution in [0.1, 0.15) is 21.4 Å². The first kappa shape index (κ1) is 19.4. The summed E-state index contributed by atoms with van der Waals surface area (Å²) >= 11 is 1.70. The second-order valence-corrected chi connectivity index (χ2v) is 7.74. The molecule has 2 heterocycles. The summed E-state index contributed by atoms with van der Waals surface area (Å²) in [6.07, 6.45) is 1.69. The lowest BCUT2D eigenvalue weighted by atomic mass is 10.1. The molecule has 1 amide bonds. The van der Waals surface area contributed by atoms with E-state index in [0.29, 0.717) is 29.5 Å². The Kier molecular flexibility index (Phi) is 5.49. The smallest absolute Gasteiger partial charge is 0.274 e. The molecule has 29 heavy (non-hydrogen) atoms. The third-order valence-electron chi connectivity index (χ3n) is 5.03. The van der Waals surface area contributed by atoms with Crippen LogP contribution in [0.15, 0.2) is 48.7 Å². The maximum Gasteiger partial charge on any atom is 0.274 e. The van der Waals surface area contributed by atoms with Gasteiger partial charge in [-0.1, -0.05) is 24.3 Å². The predicted molar refractivity (Wildman–Crippen MR) is 114 cm³/mol. The molecule has 1 aliphatic rings. The Labute approximate surface area is 173 Å². The average Bonchev–Trinajstić information content (AvgIpc) is 3.26. The van der Waals surface area contributed by atoms with Crippen LogP contribution in [0.2, 0.25) is 0 Å². The summed E-state index contributed by atoms with van der Waals surface area (Å²) in [6, 6.07) is 13.4. The van der Waals surface area contributed by atoms with Gasteiger partial charge < -0.3 is 19.1 Å². The highest BCUT2D eigenvalue weighted by molar-refractivity contribution is 7.99. The maximum atomic E-state index is 13.5. The zero-order valence-corrected chi connectivity index (χ0v) is 17.4. The second kappa shape index (κ2) is 8.21. The average molecular weight is 410 g/mol. The largest absolute Gasteiger partial charge is 0.496 e. The van der Waals surface area contributed by atoms with E-state index >= 15 is 0 Å². The highest BCUT2D eigenvalue weighted by Gasteiger charge is 2.35. The molecule has 1 unspecified atom stereocenters. The molecule has 0 saturated carbocycles. The van der Waals surface area contributed by atoms with E-state index in [-0.39, 0.29) is 11.3 Å². The molecule has 0 N–H and O–H groups in total. The molecule has 1 atom stereocenters. The van der Waals surface area contributed by atoms with E-state index in [4.69, 9.17) is 14.2 Å². The molecule has 6 nitrogen and oxygen atoms in total. The van der Waals surface area contributed by atoms with E-state index in [1.165, 1.54) is 0 Å². The van der Waals surface area contributed by atoms with Crippen molar-refractivity contribution in [3.63, 3.8) is 0 Å². The normalized spacial score (nSPS) is 16.1. The van der Waals surface area contributed by atoms with E-state index in [9.17, 15) is 4.79 Å². The molecule has 0 bridgehead atoms. The van der Waals surface area contributed by atoms with Gasteiger partial charge >= 0.3 is 0 Å². The molecule has 0 aliphatic carbocycles. The van der Waals surface area contributed by atoms with Crippen LogP contribution < -0.4 is 14.2 Å². The number of methoxy groups -OCH3 is 3. The molecule has 1 aliphatic heterocycles. The molecule has 150 valence electrons. The Bertz CT molecular complexity index is 1050. The topological polar surface area (TPSA) is 60.9 Å². The van der Waals surface area contributed by atoms with Gasteiger partial charge in [-0.05, 0) is 17.5 Å². The van der Waals surface area contributed by atoms with Crippen LogP contribution >= 0.6 is 11.8 Å². The lowest BCUT2D eigenvalue weighted by Crippen LogP contribution is -2.31. The molecule has 7 heteroatoms. The fraction of sp³-hybridized carbons (Fsp3) is 0.273. The van der Waals surface area contributed by atoms with Crippen molar-refractivity contribution in [2.75, 3.05) is 33.6 Å². The van der Waals surface area contributed by atoms with Gasteiger partial charge in [-0.25, -0.2) is 0 Å². The summed E-state index contributed by atoms with van der Waals surface area (Å²) in [5.74, 6) is 2.59. The Morgan fingerprint density at radius 3 is 2.52 bits per heavy atom. The van der Waals surface area contributed by atoms with Crippen LogP contribution in [0.4, 0.5) is 0 Å². The van der Waals surface area contributed by atoms with Gasteiger partial charge in [0.15, 0.2) is 11.5 Å². The number of ether oxygens (including phenoxy) is 3. The van der Waals surface area contributed by atoms with Gasteiger partial charge in [-0.2, -0.15) is 0 Å². The number of fused-ring (bicyclic) bond motifs is 1. The Hall–Kier alpha value is -2.93. The van der Waals surface area contributed by atoms with Crippen molar-refractivity contribution in [2.45, 2.75) is 5.37 Å². The number of benzene rings is 2. The SMILES string of the molecule is COc1cc(OC)c(C2SCCN2C(=O)c2nccc3ccccc23)cc1OC. The van der Waals surface area contributed by atoms with Gasteiger partial charge in [0.25, 0.3) is 5.91 Å². The third-order valence-corrected chi connectivity index (χ3v) is 6.27. The van der Waals surface area contributed by atoms with Crippen LogP contribution in [0.5, 0.6) is 17.2 Å². The molecule has 1 aromatic heterocycles. The highest BCUT2D eigenvalue weighted by atomic mass is 32.2. The zero-order valence-electron chi connectivity index (χ0n) is 16.5. The first-order chi connectivity index (χ1) is 14.2. The predicted octanol–water partition coefficient (Wildman–Crippen LogP) is 4.15. The third kappa shape index (κ3) is 3.46. The summed E-state index contributed by atoms with van der Waals surface area (Å²) in [7, 11) is 4.80. The lowest BCUT2D eigenvalue weighted by Gasteiger charge is -2.26. The zero-order chi connectivity index (χ0) is 20.4. The number of carbonyl (C=O) groups excluding carboxylic acids is 1. The second-order valence-electron chi connectivity index (χ2n) is 6.55. The van der Waals surface area contributed by atoms with E-state index in [0.717, 1.165) is 22.1 Å². The molecule has 0 spiro atoms. The van der Waals surface area contributed by atoms with E-state index < -0.39 is 0 Å². The minimum Gasteiger partial charge on any atom is -0.496 e. The summed E-state index contributed by atoms with van der Waals surface area (Å²) in [5, 5.41) is 1.66. The summed E-state index contributed by atoms with van der Waals surface area (Å²) in [6.45, 7) is 0.635. The van der Waals surface area contributed by atoms with Crippen LogP contribution in [0.25, 0.3) is 10.8 Å². The molecule has 1 saturated heterocycles. The van der Waals surface area contributed by atoms with Gasteiger partial charge in [0.1, 0.15) is 16.8 Å². The van der Waals surface area contributed by atoms with Crippen molar-refractivity contribution in [3.8, 4) is 17.2 Å². The highest BCUT2D eigenvalue weighted by Crippen LogP contribution is 2.46. The molecular weight excluding hydrogens is 388 g/mol. The van der Waals surface area contributed by atoms with Gasteiger partial charge in [0, 0.05) is 35.5 Å². The molecule has 4 rings (SSSR count). The Morgan fingerprint density at radius 1 is 1.03 bits per heavy atom. The van der Waals surface area contributed by atoms with Crippen LogP contribution in [-0.4, -0.2) is 49.4 Å². The number of aromatic nitrogens is 1. The van der Waals surface area contributed by atoms with E-state index in [2.05, 4.69) is 4.98 Å². The van der Waals surface area contributed by atoms with Crippen molar-refractivity contribution in [1.29, 1.82) is 0 Å². The van der Waals surface area contributed by atoms with Crippen LogP contribution in [-0.2, 0) is 0 Å². The lowest BCUT2D eigenvalue weighted by molar-refractivity contribution is 0.0755. The van der Waals surface area contributed by atoms with Crippen LogP contribution in [0.3, 0.4) is 0 Å². The first-order valence-electron chi connectivity index (χ1n) is 9.24. The quantitative estimate of drug-likeness (QED) is 0.630. The minimum absolute atomic E-state index is 0.0892. The summed E-state index contributed by atoms with van der Waals surface area (Å²) < 4.78 is 16.5. The van der Waals surface area contributed by atoms with Crippen molar-refractivity contribution < 1.29 is 19.0 Å². The summed E-state index contributed by atoms with van der Waals surface area (Å²) in [5.41, 5.74) is 1.34. The van der Waals surface area contributed by atoms with Gasteiger partial charge in [0.2, 0.25) is 0 Å². The van der Waals surface area contributed by atoms with E-state index in [1.54, 1.807) is 45.4 Å². The number of carbonyl (C=O) groups is 1. The standard InChI is InChI=1S/C22H22N2O4S/c1-26-17-13-19(28-3)18(27-2)12-16(17)22-24(10-11-29-22)21(25)20-15-7-5-4-6-14(15)8-9-23-20/h4-9,12-13,22H,10-11H2,1-3H3. The fourth-order valence-corrected chi connectivity index (χ4v) is 4.88. The number of hydrogen-bond donors (Lipinski definition) is 0. The van der Waals surface area contributed by atoms with Crippen molar-refractivity contribution in [1.82, 2.24) is 9.88 Å². The molecule has 0 radical (unpaired) electrons. The fourth-order valence-electron chi connectivity index (χ4n) is 3.61. The number of rotatable bonds is 5. The van der Waals surface area contributed by atoms with Crippen LogP contribution in [0, 0.1) is 0 Å². The Balaban J connectivity index is 1.75. The molecule has 2 aromatic carbocycles. The molecular formula is C22H22N2O4S. The monoisotopic (exact) mass is 410 g/mol. The number of hydrogen-bond acceptors (Lipinski definition) is 6. The van der Waals surface area contributed by atoms with Crippen molar-refractivity contribution in [2.24, 2.45) is 0 Å². The minimum atomic E-state index is -0.196. The molecule has 3 aromatic rings. The van der Waals surface area contributed by atoms with Gasteiger partial charge in [-0.3, -0.25) is 9.78 Å². The number of pyridine rings is 1. The number of amides is 1. The van der Waals surface area contributed by atoms with Gasteiger partial charge in [0.05, 0.1) is 21.3 Å². The first-order valence-corrected chi connectivity index (χ1v) is 10.3. The number of nitrogens with zero attached hydrogens (tertiary/aromatic N) is 2. The molecule has 1 fully saturated rings.